The molecule has 0 aliphatic heterocycles. The fraction of sp³-hybridized carbons (Fsp3) is 0.625. The number of carbonyl (C=O) groups is 2. The minimum atomic E-state index is -0.549. The first-order chi connectivity index (χ1) is 15.1. The van der Waals surface area contributed by atoms with Crippen molar-refractivity contribution in [2.24, 2.45) is 4.99 Å². The van der Waals surface area contributed by atoms with E-state index in [-0.39, 0.29) is 5.91 Å². The van der Waals surface area contributed by atoms with Gasteiger partial charge in [0.25, 0.3) is 5.91 Å². The number of alkyl carbamates (subject to hydrolysis) is 1. The smallest absolute Gasteiger partial charge is 0.408 e. The molecule has 1 aromatic carbocycles. The number of guanidine groups is 1. The van der Waals surface area contributed by atoms with E-state index in [9.17, 15) is 9.59 Å². The largest absolute Gasteiger partial charge is 0.444 e. The Balaban J connectivity index is 2.78. The van der Waals surface area contributed by atoms with E-state index in [1.165, 1.54) is 0 Å². The van der Waals surface area contributed by atoms with Gasteiger partial charge in [-0.1, -0.05) is 26.0 Å². The molecule has 0 aromatic heterocycles. The van der Waals surface area contributed by atoms with Crippen molar-refractivity contribution in [3.63, 3.8) is 0 Å². The van der Waals surface area contributed by atoms with E-state index in [0.29, 0.717) is 24.6 Å². The van der Waals surface area contributed by atoms with Crippen LogP contribution in [0, 0.1) is 0 Å². The molecule has 32 heavy (non-hydrogen) atoms. The lowest BCUT2D eigenvalue weighted by Crippen LogP contribution is -2.52. The molecule has 0 saturated carbocycles. The van der Waals surface area contributed by atoms with Crippen LogP contribution >= 0.6 is 0 Å². The van der Waals surface area contributed by atoms with Crippen LogP contribution in [-0.4, -0.2) is 55.8 Å². The van der Waals surface area contributed by atoms with Crippen molar-refractivity contribution in [1.82, 2.24) is 21.3 Å². The predicted octanol–water partition coefficient (Wildman–Crippen LogP) is 3.23. The highest BCUT2D eigenvalue weighted by Gasteiger charge is 2.30. The third-order valence-corrected chi connectivity index (χ3v) is 5.13. The lowest BCUT2D eigenvalue weighted by Gasteiger charge is -2.32. The summed E-state index contributed by atoms with van der Waals surface area (Å²) in [4.78, 5) is 28.9. The molecule has 4 N–H and O–H groups in total. The maximum Gasteiger partial charge on any atom is 0.408 e. The summed E-state index contributed by atoms with van der Waals surface area (Å²) in [6, 6.07) is 7.59. The number of nitrogens with one attached hydrogen (secondary N) is 4. The number of benzene rings is 1. The Hall–Kier alpha value is -2.77. The van der Waals surface area contributed by atoms with Crippen molar-refractivity contribution in [3.8, 4) is 0 Å². The van der Waals surface area contributed by atoms with E-state index in [4.69, 9.17) is 9.73 Å². The summed E-state index contributed by atoms with van der Waals surface area (Å²) in [5.41, 5.74) is 0.686. The average molecular weight is 448 g/mol. The molecule has 2 amide bonds. The maximum atomic E-state index is 12.3. The maximum absolute atomic E-state index is 12.3. The minimum absolute atomic E-state index is 0.0948. The molecule has 0 aliphatic rings. The molecule has 0 heterocycles. The number of carbonyl (C=O) groups excluding carboxylic acids is 2. The highest BCUT2D eigenvalue weighted by Crippen LogP contribution is 2.17. The molecule has 0 radical (unpaired) electrons. The average Bonchev–Trinajstić information content (AvgIpc) is 2.74. The van der Waals surface area contributed by atoms with Gasteiger partial charge in [-0.25, -0.2) is 4.79 Å². The van der Waals surface area contributed by atoms with Gasteiger partial charge in [0.2, 0.25) is 0 Å². The molecule has 0 fully saturated rings. The van der Waals surface area contributed by atoms with Crippen LogP contribution in [-0.2, 0) is 11.2 Å². The highest BCUT2D eigenvalue weighted by atomic mass is 16.6. The van der Waals surface area contributed by atoms with Crippen molar-refractivity contribution in [2.45, 2.75) is 71.9 Å². The molecule has 0 unspecified atom stereocenters. The van der Waals surface area contributed by atoms with Crippen LogP contribution in [0.1, 0.15) is 70.3 Å². The van der Waals surface area contributed by atoms with Gasteiger partial charge < -0.3 is 26.0 Å². The molecule has 8 heteroatoms. The van der Waals surface area contributed by atoms with E-state index < -0.39 is 17.2 Å². The summed E-state index contributed by atoms with van der Waals surface area (Å²) in [7, 11) is 1.63. The number of amides is 2. The normalized spacial score (nSPS) is 12.2. The Labute approximate surface area is 193 Å². The van der Waals surface area contributed by atoms with Crippen LogP contribution in [0.4, 0.5) is 4.79 Å². The number of rotatable bonds is 10. The quantitative estimate of drug-likeness (QED) is 0.326. The van der Waals surface area contributed by atoms with Gasteiger partial charge in [0.15, 0.2) is 5.96 Å². The lowest BCUT2D eigenvalue weighted by molar-refractivity contribution is 0.0451. The third kappa shape index (κ3) is 9.58. The van der Waals surface area contributed by atoms with Gasteiger partial charge >= 0.3 is 6.09 Å². The molecule has 180 valence electrons. The van der Waals surface area contributed by atoms with Gasteiger partial charge in [-0.05, 0) is 64.7 Å². The molecule has 0 saturated heterocycles. The summed E-state index contributed by atoms with van der Waals surface area (Å²) in [5.74, 6) is 0.592. The number of ether oxygens (including phenoxy) is 1. The molecule has 0 atom stereocenters. The number of hydrogen-bond donors (Lipinski definition) is 4. The second-order valence-corrected chi connectivity index (χ2v) is 8.77. The van der Waals surface area contributed by atoms with E-state index >= 15 is 0 Å². The first-order valence-electron chi connectivity index (χ1n) is 11.4. The van der Waals surface area contributed by atoms with Crippen LogP contribution in [0.3, 0.4) is 0 Å². The number of hydrogen-bond acceptors (Lipinski definition) is 4. The second kappa shape index (κ2) is 12.9. The van der Waals surface area contributed by atoms with Crippen molar-refractivity contribution in [3.05, 3.63) is 35.4 Å². The summed E-state index contributed by atoms with van der Waals surface area (Å²) in [5, 5.41) is 12.3. The minimum Gasteiger partial charge on any atom is -0.444 e. The van der Waals surface area contributed by atoms with Gasteiger partial charge in [0.1, 0.15) is 5.60 Å². The Morgan fingerprint density at radius 1 is 1.06 bits per heavy atom. The number of aliphatic imine (C=N–C) groups is 1. The van der Waals surface area contributed by atoms with Crippen molar-refractivity contribution in [2.75, 3.05) is 26.7 Å². The standard InChI is InChI=1S/C24H41N5O3/c1-8-24(9-2,29-22(31)32-23(4,5)6)17-28-21(26-10-3)27-15-14-18-12-11-13-19(16-18)20(30)25-7/h11-13,16H,8-10,14-15,17H2,1-7H3,(H,25,30)(H,29,31)(H2,26,27,28). The zero-order chi connectivity index (χ0) is 24.2. The van der Waals surface area contributed by atoms with Crippen LogP contribution < -0.4 is 21.3 Å². The van der Waals surface area contributed by atoms with Crippen molar-refractivity contribution >= 4 is 18.0 Å². The SMILES string of the molecule is CCNC(=NCC(CC)(CC)NC(=O)OC(C)(C)C)NCCc1cccc(C(=O)NC)c1. The van der Waals surface area contributed by atoms with Crippen LogP contribution in [0.2, 0.25) is 0 Å². The summed E-state index contributed by atoms with van der Waals surface area (Å²) >= 11 is 0. The van der Waals surface area contributed by atoms with E-state index in [1.54, 1.807) is 13.1 Å². The van der Waals surface area contributed by atoms with Crippen LogP contribution in [0.15, 0.2) is 29.3 Å². The van der Waals surface area contributed by atoms with Gasteiger partial charge in [-0.15, -0.1) is 0 Å². The van der Waals surface area contributed by atoms with E-state index in [2.05, 4.69) is 21.3 Å². The number of nitrogens with zero attached hydrogens (tertiary/aromatic N) is 1. The third-order valence-electron chi connectivity index (χ3n) is 5.13. The fourth-order valence-electron chi connectivity index (χ4n) is 3.12. The van der Waals surface area contributed by atoms with Gasteiger partial charge in [0, 0.05) is 25.7 Å². The van der Waals surface area contributed by atoms with Gasteiger partial charge in [0.05, 0.1) is 12.1 Å². The molecular formula is C24H41N5O3. The molecule has 8 nitrogen and oxygen atoms in total. The summed E-state index contributed by atoms with van der Waals surface area (Å²) in [6.45, 7) is 13.4. The molecule has 1 rings (SSSR count). The molecule has 0 bridgehead atoms. The monoisotopic (exact) mass is 447 g/mol. The van der Waals surface area contributed by atoms with Crippen LogP contribution in [0.5, 0.6) is 0 Å². The molecular weight excluding hydrogens is 406 g/mol. The fourth-order valence-corrected chi connectivity index (χ4v) is 3.12. The predicted molar refractivity (Wildman–Crippen MR) is 130 cm³/mol. The molecule has 0 spiro atoms. The van der Waals surface area contributed by atoms with E-state index in [0.717, 1.165) is 31.4 Å². The zero-order valence-corrected chi connectivity index (χ0v) is 20.7. The Morgan fingerprint density at radius 3 is 2.31 bits per heavy atom. The zero-order valence-electron chi connectivity index (χ0n) is 20.7. The van der Waals surface area contributed by atoms with Crippen molar-refractivity contribution < 1.29 is 14.3 Å². The van der Waals surface area contributed by atoms with Crippen LogP contribution in [0.25, 0.3) is 0 Å². The lowest BCUT2D eigenvalue weighted by atomic mass is 9.93. The Bertz CT molecular complexity index is 767. The first-order valence-corrected chi connectivity index (χ1v) is 11.4. The molecule has 0 aliphatic carbocycles. The summed E-state index contributed by atoms with van der Waals surface area (Å²) < 4.78 is 5.44. The van der Waals surface area contributed by atoms with E-state index in [1.807, 2.05) is 59.7 Å². The van der Waals surface area contributed by atoms with Gasteiger partial charge in [-0.3, -0.25) is 9.79 Å². The second-order valence-electron chi connectivity index (χ2n) is 8.77. The Kier molecular flexibility index (Phi) is 11.0. The first kappa shape index (κ1) is 27.3. The summed E-state index contributed by atoms with van der Waals surface area (Å²) in [6.07, 6.45) is 1.79. The highest BCUT2D eigenvalue weighted by molar-refractivity contribution is 5.94. The van der Waals surface area contributed by atoms with Gasteiger partial charge in [-0.2, -0.15) is 0 Å². The van der Waals surface area contributed by atoms with Crippen molar-refractivity contribution in [1.29, 1.82) is 0 Å². The topological polar surface area (TPSA) is 104 Å². The molecule has 1 aromatic rings. The Morgan fingerprint density at radius 2 is 1.75 bits per heavy atom.